The molecule has 0 radical (unpaired) electrons. The first kappa shape index (κ1) is 25.5. The van der Waals surface area contributed by atoms with Crippen molar-refractivity contribution in [3.63, 3.8) is 0 Å². The Kier molecular flexibility index (Phi) is 9.29. The third-order valence-corrected chi connectivity index (χ3v) is 6.14. The normalized spacial score (nSPS) is 11.6. The molecule has 2 amide bonds. The van der Waals surface area contributed by atoms with E-state index >= 15 is 0 Å². The smallest absolute Gasteiger partial charge is 0.243 e. The Balaban J connectivity index is 1.98. The van der Waals surface area contributed by atoms with Crippen LogP contribution in [0.2, 0.25) is 5.02 Å². The summed E-state index contributed by atoms with van der Waals surface area (Å²) in [7, 11) is 0. The summed E-state index contributed by atoms with van der Waals surface area (Å²) in [5, 5.41) is 3.62. The SMILES string of the molecule is CCCNC(=O)[C@H](Cc1ccccc1)N(Cc1cccc(Cl)c1)C(=O)Cc1cc(C)ccc1C. The van der Waals surface area contributed by atoms with E-state index in [1.165, 1.54) is 0 Å². The van der Waals surface area contributed by atoms with Crippen LogP contribution in [0.1, 0.15) is 41.2 Å². The Labute approximate surface area is 207 Å². The second-order valence-electron chi connectivity index (χ2n) is 8.75. The fraction of sp³-hybridized carbons (Fsp3) is 0.310. The van der Waals surface area contributed by atoms with E-state index in [2.05, 4.69) is 5.32 Å². The molecule has 3 aromatic rings. The van der Waals surface area contributed by atoms with Crippen molar-refractivity contribution in [2.24, 2.45) is 0 Å². The van der Waals surface area contributed by atoms with Crippen LogP contribution in [-0.2, 0) is 29.0 Å². The molecular weight excluding hydrogens is 444 g/mol. The summed E-state index contributed by atoms with van der Waals surface area (Å²) in [6.07, 6.45) is 1.50. The van der Waals surface area contributed by atoms with Gasteiger partial charge in [0.2, 0.25) is 11.8 Å². The number of carbonyl (C=O) groups excluding carboxylic acids is 2. The molecule has 5 heteroatoms. The van der Waals surface area contributed by atoms with Gasteiger partial charge in [-0.2, -0.15) is 0 Å². The van der Waals surface area contributed by atoms with E-state index in [4.69, 9.17) is 11.6 Å². The van der Waals surface area contributed by atoms with Gasteiger partial charge in [0.15, 0.2) is 0 Å². The largest absolute Gasteiger partial charge is 0.354 e. The van der Waals surface area contributed by atoms with Gasteiger partial charge in [-0.3, -0.25) is 9.59 Å². The highest BCUT2D eigenvalue weighted by Crippen LogP contribution is 2.20. The molecule has 4 nitrogen and oxygen atoms in total. The van der Waals surface area contributed by atoms with E-state index in [1.807, 2.05) is 93.6 Å². The summed E-state index contributed by atoms with van der Waals surface area (Å²) >= 11 is 6.23. The maximum absolute atomic E-state index is 13.8. The molecule has 178 valence electrons. The third kappa shape index (κ3) is 7.19. The number of nitrogens with zero attached hydrogens (tertiary/aromatic N) is 1. The molecule has 0 aliphatic carbocycles. The molecule has 0 heterocycles. The second kappa shape index (κ2) is 12.4. The van der Waals surface area contributed by atoms with Crippen LogP contribution in [-0.4, -0.2) is 29.3 Å². The van der Waals surface area contributed by atoms with Crippen molar-refractivity contribution >= 4 is 23.4 Å². The lowest BCUT2D eigenvalue weighted by Gasteiger charge is -2.32. The number of rotatable bonds is 10. The van der Waals surface area contributed by atoms with E-state index in [1.54, 1.807) is 4.90 Å². The van der Waals surface area contributed by atoms with Crippen LogP contribution in [0, 0.1) is 13.8 Å². The predicted molar refractivity (Wildman–Crippen MR) is 139 cm³/mol. The second-order valence-corrected chi connectivity index (χ2v) is 9.19. The zero-order valence-electron chi connectivity index (χ0n) is 20.2. The molecule has 0 aromatic heterocycles. The van der Waals surface area contributed by atoms with Crippen LogP contribution in [0.4, 0.5) is 0 Å². The van der Waals surface area contributed by atoms with Crippen LogP contribution in [0.25, 0.3) is 0 Å². The Morgan fingerprint density at radius 3 is 2.38 bits per heavy atom. The molecular formula is C29H33ClN2O2. The molecule has 1 N–H and O–H groups in total. The zero-order chi connectivity index (χ0) is 24.5. The monoisotopic (exact) mass is 476 g/mol. The van der Waals surface area contributed by atoms with Gasteiger partial charge in [0, 0.05) is 24.5 Å². The number of nitrogens with one attached hydrogen (secondary N) is 1. The van der Waals surface area contributed by atoms with Crippen LogP contribution < -0.4 is 5.32 Å². The highest BCUT2D eigenvalue weighted by molar-refractivity contribution is 6.30. The van der Waals surface area contributed by atoms with Crippen molar-refractivity contribution in [2.75, 3.05) is 6.54 Å². The number of halogens is 1. The molecule has 0 spiro atoms. The number of benzene rings is 3. The molecule has 3 rings (SSSR count). The molecule has 0 unspecified atom stereocenters. The van der Waals surface area contributed by atoms with Crippen molar-refractivity contribution in [3.05, 3.63) is 106 Å². The van der Waals surface area contributed by atoms with Gasteiger partial charge in [-0.15, -0.1) is 0 Å². The minimum Gasteiger partial charge on any atom is -0.354 e. The van der Waals surface area contributed by atoms with Crippen LogP contribution in [0.3, 0.4) is 0 Å². The summed E-state index contributed by atoms with van der Waals surface area (Å²) in [5.41, 5.74) is 5.06. The van der Waals surface area contributed by atoms with Crippen LogP contribution >= 0.6 is 11.6 Å². The zero-order valence-corrected chi connectivity index (χ0v) is 20.9. The van der Waals surface area contributed by atoms with E-state index in [0.29, 0.717) is 24.5 Å². The highest BCUT2D eigenvalue weighted by atomic mass is 35.5. The third-order valence-electron chi connectivity index (χ3n) is 5.91. The Bertz CT molecular complexity index is 1110. The first-order valence-corrected chi connectivity index (χ1v) is 12.2. The van der Waals surface area contributed by atoms with E-state index in [0.717, 1.165) is 34.2 Å². The van der Waals surface area contributed by atoms with Gasteiger partial charge in [0.1, 0.15) is 6.04 Å². The maximum Gasteiger partial charge on any atom is 0.243 e. The molecule has 0 saturated carbocycles. The number of aryl methyl sites for hydroxylation is 2. The molecule has 0 bridgehead atoms. The summed E-state index contributed by atoms with van der Waals surface area (Å²) in [4.78, 5) is 28.9. The Morgan fingerprint density at radius 1 is 0.941 bits per heavy atom. The number of hydrogen-bond donors (Lipinski definition) is 1. The number of carbonyl (C=O) groups is 2. The lowest BCUT2D eigenvalue weighted by atomic mass is 9.99. The summed E-state index contributed by atoms with van der Waals surface area (Å²) in [6.45, 7) is 6.93. The topological polar surface area (TPSA) is 49.4 Å². The minimum absolute atomic E-state index is 0.0822. The molecule has 3 aromatic carbocycles. The fourth-order valence-corrected chi connectivity index (χ4v) is 4.22. The Hall–Kier alpha value is -3.11. The van der Waals surface area contributed by atoms with Crippen molar-refractivity contribution < 1.29 is 9.59 Å². The van der Waals surface area contributed by atoms with Gasteiger partial charge in [0.05, 0.1) is 6.42 Å². The molecule has 0 fully saturated rings. The molecule has 1 atom stereocenters. The standard InChI is InChI=1S/C29H33ClN2O2/c1-4-15-31-29(34)27(18-23-9-6-5-7-10-23)32(20-24-11-8-12-26(30)17-24)28(33)19-25-16-21(2)13-14-22(25)3/h5-14,16-17,27H,4,15,18-20H2,1-3H3,(H,31,34)/t27-/m0/s1. The first-order valence-electron chi connectivity index (χ1n) is 11.8. The van der Waals surface area contributed by atoms with Crippen molar-refractivity contribution in [3.8, 4) is 0 Å². The highest BCUT2D eigenvalue weighted by Gasteiger charge is 2.30. The minimum atomic E-state index is -0.634. The lowest BCUT2D eigenvalue weighted by Crippen LogP contribution is -2.51. The molecule has 34 heavy (non-hydrogen) atoms. The molecule has 0 saturated heterocycles. The van der Waals surface area contributed by atoms with Crippen LogP contribution in [0.15, 0.2) is 72.8 Å². The van der Waals surface area contributed by atoms with E-state index in [-0.39, 0.29) is 18.2 Å². The molecule has 0 aliphatic rings. The average Bonchev–Trinajstić information content (AvgIpc) is 2.82. The predicted octanol–water partition coefficient (Wildman–Crippen LogP) is 5.67. The van der Waals surface area contributed by atoms with Gasteiger partial charge in [-0.1, -0.05) is 84.8 Å². The lowest BCUT2D eigenvalue weighted by molar-refractivity contribution is -0.140. The van der Waals surface area contributed by atoms with Gasteiger partial charge in [0.25, 0.3) is 0 Å². The van der Waals surface area contributed by atoms with Gasteiger partial charge in [-0.25, -0.2) is 0 Å². The van der Waals surface area contributed by atoms with Crippen molar-refractivity contribution in [1.29, 1.82) is 0 Å². The summed E-state index contributed by atoms with van der Waals surface area (Å²) in [6, 6.07) is 22.8. The van der Waals surface area contributed by atoms with Gasteiger partial charge < -0.3 is 10.2 Å². The van der Waals surface area contributed by atoms with Gasteiger partial charge >= 0.3 is 0 Å². The quantitative estimate of drug-likeness (QED) is 0.410. The van der Waals surface area contributed by atoms with Crippen molar-refractivity contribution in [1.82, 2.24) is 10.2 Å². The van der Waals surface area contributed by atoms with Crippen LogP contribution in [0.5, 0.6) is 0 Å². The average molecular weight is 477 g/mol. The fourth-order valence-electron chi connectivity index (χ4n) is 4.01. The number of amides is 2. The molecule has 0 aliphatic heterocycles. The maximum atomic E-state index is 13.8. The Morgan fingerprint density at radius 2 is 1.68 bits per heavy atom. The number of hydrogen-bond acceptors (Lipinski definition) is 2. The first-order chi connectivity index (χ1) is 16.4. The summed E-state index contributed by atoms with van der Waals surface area (Å²) in [5.74, 6) is -0.219. The summed E-state index contributed by atoms with van der Waals surface area (Å²) < 4.78 is 0. The van der Waals surface area contributed by atoms with E-state index in [9.17, 15) is 9.59 Å². The van der Waals surface area contributed by atoms with Gasteiger partial charge in [-0.05, 0) is 54.7 Å². The van der Waals surface area contributed by atoms with Crippen molar-refractivity contribution in [2.45, 2.75) is 52.6 Å². The van der Waals surface area contributed by atoms with E-state index < -0.39 is 6.04 Å².